The number of nitrogens with zero attached hydrogens (tertiary/aromatic N) is 1. The number of hydrogen-bond donors (Lipinski definition) is 2. The van der Waals surface area contributed by atoms with Gasteiger partial charge in [0.15, 0.2) is 5.78 Å². The summed E-state index contributed by atoms with van der Waals surface area (Å²) in [6, 6.07) is 11.7. The number of nitrogens with one attached hydrogen (secondary N) is 1. The summed E-state index contributed by atoms with van der Waals surface area (Å²) in [5, 5.41) is 0. The Hall–Kier alpha value is -3.18. The molecule has 0 fully saturated rings. The van der Waals surface area contributed by atoms with E-state index in [-0.39, 0.29) is 17.1 Å². The van der Waals surface area contributed by atoms with Crippen LogP contribution in [0.4, 0.5) is 24.5 Å². The fourth-order valence-corrected chi connectivity index (χ4v) is 4.86. The summed E-state index contributed by atoms with van der Waals surface area (Å²) >= 11 is 0. The molecule has 0 saturated heterocycles. The summed E-state index contributed by atoms with van der Waals surface area (Å²) in [5.74, 6) is -2.74. The standard InChI is InChI=1S/C20H18F3N3O4S/c1-12-17(13(2)27)19(20(21,22)23,18(28)26(12)15-6-4-3-5-7-15)25-31(29,30)16-10-8-14(24)9-11-16/h3-11,25H,24H2,1-2H3/t19-/m1/s1. The van der Waals surface area contributed by atoms with Gasteiger partial charge in [0.2, 0.25) is 15.6 Å². The second-order valence-electron chi connectivity index (χ2n) is 6.92. The van der Waals surface area contributed by atoms with E-state index in [1.165, 1.54) is 41.1 Å². The van der Waals surface area contributed by atoms with Crippen molar-refractivity contribution in [3.05, 3.63) is 65.9 Å². The fraction of sp³-hybridized carbons (Fsp3) is 0.200. The minimum absolute atomic E-state index is 0.0570. The third kappa shape index (κ3) is 3.59. The Balaban J connectivity index is 2.26. The first-order valence-corrected chi connectivity index (χ1v) is 10.4. The van der Waals surface area contributed by atoms with Crippen molar-refractivity contribution in [1.29, 1.82) is 0 Å². The van der Waals surface area contributed by atoms with Crippen LogP contribution in [0.5, 0.6) is 0 Å². The van der Waals surface area contributed by atoms with Crippen LogP contribution in [0.3, 0.4) is 0 Å². The van der Waals surface area contributed by atoms with E-state index in [4.69, 9.17) is 5.73 Å². The number of carbonyl (C=O) groups excluding carboxylic acids is 2. The minimum Gasteiger partial charge on any atom is -0.399 e. The van der Waals surface area contributed by atoms with Crippen molar-refractivity contribution >= 4 is 33.1 Å². The van der Waals surface area contributed by atoms with E-state index in [1.807, 2.05) is 0 Å². The number of nitrogen functional groups attached to an aromatic ring is 1. The number of rotatable bonds is 5. The third-order valence-corrected chi connectivity index (χ3v) is 6.33. The summed E-state index contributed by atoms with van der Waals surface area (Å²) in [4.78, 5) is 25.7. The molecule has 0 radical (unpaired) electrons. The third-order valence-electron chi connectivity index (χ3n) is 4.87. The number of allylic oxidation sites excluding steroid dienone is 1. The summed E-state index contributed by atoms with van der Waals surface area (Å²) < 4.78 is 70.6. The molecule has 2 aromatic carbocycles. The van der Waals surface area contributed by atoms with E-state index in [1.54, 1.807) is 6.07 Å². The minimum atomic E-state index is -5.46. The number of anilines is 2. The van der Waals surface area contributed by atoms with Gasteiger partial charge in [0.05, 0.1) is 10.5 Å². The molecule has 11 heteroatoms. The highest BCUT2D eigenvalue weighted by Crippen LogP contribution is 2.47. The van der Waals surface area contributed by atoms with E-state index < -0.39 is 43.9 Å². The van der Waals surface area contributed by atoms with Crippen molar-refractivity contribution in [2.45, 2.75) is 30.5 Å². The van der Waals surface area contributed by atoms with Gasteiger partial charge in [0, 0.05) is 17.1 Å². The molecule has 0 spiro atoms. The quantitative estimate of drug-likeness (QED) is 0.677. The number of alkyl halides is 3. The van der Waals surface area contributed by atoms with Gasteiger partial charge >= 0.3 is 6.18 Å². The highest BCUT2D eigenvalue weighted by Gasteiger charge is 2.70. The van der Waals surface area contributed by atoms with Crippen LogP contribution < -0.4 is 15.4 Å². The molecule has 1 aliphatic rings. The molecule has 1 heterocycles. The molecule has 7 nitrogen and oxygen atoms in total. The molecule has 0 aromatic heterocycles. The Morgan fingerprint density at radius 3 is 2.10 bits per heavy atom. The lowest BCUT2D eigenvalue weighted by molar-refractivity contribution is -0.183. The van der Waals surface area contributed by atoms with Crippen molar-refractivity contribution in [2.24, 2.45) is 0 Å². The van der Waals surface area contributed by atoms with Gasteiger partial charge < -0.3 is 5.73 Å². The maximum absolute atomic E-state index is 14.5. The van der Waals surface area contributed by atoms with Gasteiger partial charge in [-0.2, -0.15) is 17.9 Å². The van der Waals surface area contributed by atoms with Gasteiger partial charge in [-0.15, -0.1) is 0 Å². The summed E-state index contributed by atoms with van der Waals surface area (Å²) in [6.45, 7) is 2.01. The van der Waals surface area contributed by atoms with Crippen LogP contribution in [0.2, 0.25) is 0 Å². The average Bonchev–Trinajstić information content (AvgIpc) is 2.89. The summed E-state index contributed by atoms with van der Waals surface area (Å²) in [7, 11) is -4.89. The molecule has 0 bridgehead atoms. The van der Waals surface area contributed by atoms with E-state index in [2.05, 4.69) is 0 Å². The maximum Gasteiger partial charge on any atom is 0.421 e. The van der Waals surface area contributed by atoms with Crippen LogP contribution in [-0.2, 0) is 19.6 Å². The number of benzene rings is 2. The molecular weight excluding hydrogens is 435 g/mol. The van der Waals surface area contributed by atoms with E-state index >= 15 is 0 Å². The highest BCUT2D eigenvalue weighted by atomic mass is 32.2. The van der Waals surface area contributed by atoms with Gasteiger partial charge in [-0.3, -0.25) is 14.5 Å². The topological polar surface area (TPSA) is 110 Å². The smallest absolute Gasteiger partial charge is 0.399 e. The zero-order chi connectivity index (χ0) is 23.2. The molecule has 3 rings (SSSR count). The van der Waals surface area contributed by atoms with Crippen molar-refractivity contribution < 1.29 is 31.2 Å². The molecule has 1 atom stereocenters. The largest absolute Gasteiger partial charge is 0.421 e. The summed E-state index contributed by atoms with van der Waals surface area (Å²) in [5.41, 5.74) is 0.650. The molecule has 0 unspecified atom stereocenters. The van der Waals surface area contributed by atoms with Crippen molar-refractivity contribution in [3.63, 3.8) is 0 Å². The molecule has 0 aliphatic carbocycles. The first-order valence-electron chi connectivity index (χ1n) is 8.91. The second-order valence-corrected chi connectivity index (χ2v) is 8.60. The lowest BCUT2D eigenvalue weighted by atomic mass is 9.88. The number of carbonyl (C=O) groups is 2. The normalized spacial score (nSPS) is 19.8. The van der Waals surface area contributed by atoms with E-state index in [0.717, 1.165) is 26.0 Å². The van der Waals surface area contributed by atoms with Gasteiger partial charge in [-0.25, -0.2) is 8.42 Å². The van der Waals surface area contributed by atoms with Gasteiger partial charge in [0.25, 0.3) is 5.91 Å². The second kappa shape index (κ2) is 7.50. The number of amides is 1. The Kier molecular flexibility index (Phi) is 5.45. The summed E-state index contributed by atoms with van der Waals surface area (Å²) in [6.07, 6.45) is -5.46. The number of sulfonamides is 1. The number of halogens is 3. The average molecular weight is 453 g/mol. The predicted octanol–water partition coefficient (Wildman–Crippen LogP) is 2.76. The molecule has 164 valence electrons. The molecule has 2 aromatic rings. The molecule has 0 saturated carbocycles. The molecule has 1 aliphatic heterocycles. The SMILES string of the molecule is CC(=O)C1=C(C)N(c2ccccc2)C(=O)[C@@]1(NS(=O)(=O)c1ccc(N)cc1)C(F)(F)F. The van der Waals surface area contributed by atoms with Crippen LogP contribution in [0.15, 0.2) is 70.8 Å². The highest BCUT2D eigenvalue weighted by molar-refractivity contribution is 7.89. The number of ketones is 1. The zero-order valence-corrected chi connectivity index (χ0v) is 17.2. The molecule has 1 amide bonds. The monoisotopic (exact) mass is 453 g/mol. The van der Waals surface area contributed by atoms with E-state index in [9.17, 15) is 31.2 Å². The van der Waals surface area contributed by atoms with Crippen LogP contribution in [0.1, 0.15) is 13.8 Å². The lowest BCUT2D eigenvalue weighted by Gasteiger charge is -2.32. The van der Waals surface area contributed by atoms with Crippen LogP contribution in [0.25, 0.3) is 0 Å². The van der Waals surface area contributed by atoms with Crippen LogP contribution in [0, 0.1) is 0 Å². The lowest BCUT2D eigenvalue weighted by Crippen LogP contribution is -2.66. The molecule has 31 heavy (non-hydrogen) atoms. The Labute approximate surface area is 176 Å². The Morgan fingerprint density at radius 1 is 1.06 bits per heavy atom. The van der Waals surface area contributed by atoms with Gasteiger partial charge in [-0.1, -0.05) is 18.2 Å². The Bertz CT molecular complexity index is 1180. The number of nitrogens with two attached hydrogens (primary N) is 1. The van der Waals surface area contributed by atoms with Gasteiger partial charge in [-0.05, 0) is 50.2 Å². The number of Topliss-reactive ketones (excluding diaryl/α,β-unsaturated/α-hetero) is 1. The van der Waals surface area contributed by atoms with Crippen molar-refractivity contribution in [3.8, 4) is 0 Å². The maximum atomic E-state index is 14.5. The van der Waals surface area contributed by atoms with Gasteiger partial charge in [0.1, 0.15) is 0 Å². The van der Waals surface area contributed by atoms with Crippen molar-refractivity contribution in [1.82, 2.24) is 4.72 Å². The first-order chi connectivity index (χ1) is 14.3. The Morgan fingerprint density at radius 2 is 1.61 bits per heavy atom. The van der Waals surface area contributed by atoms with Crippen LogP contribution >= 0.6 is 0 Å². The number of para-hydroxylation sites is 1. The van der Waals surface area contributed by atoms with Crippen LogP contribution in [-0.4, -0.2) is 31.8 Å². The molecular formula is C20H18F3N3O4S. The van der Waals surface area contributed by atoms with Crippen molar-refractivity contribution in [2.75, 3.05) is 10.6 Å². The number of hydrogen-bond acceptors (Lipinski definition) is 5. The predicted molar refractivity (Wildman–Crippen MR) is 107 cm³/mol. The first kappa shape index (κ1) is 22.5. The van der Waals surface area contributed by atoms with E-state index in [0.29, 0.717) is 4.90 Å². The zero-order valence-electron chi connectivity index (χ0n) is 16.4. The molecule has 3 N–H and O–H groups in total. The fourth-order valence-electron chi connectivity index (χ4n) is 3.54.